The fraction of sp³-hybridized carbons (Fsp3) is 0. The summed E-state index contributed by atoms with van der Waals surface area (Å²) in [6.07, 6.45) is 0. The van der Waals surface area contributed by atoms with Crippen LogP contribution in [0.5, 0.6) is 11.6 Å². The number of furan rings is 1. The van der Waals surface area contributed by atoms with Crippen LogP contribution in [0.4, 0.5) is 17.3 Å². The van der Waals surface area contributed by atoms with E-state index in [9.17, 15) is 0 Å². The second-order valence-electron chi connectivity index (χ2n) is 9.08. The van der Waals surface area contributed by atoms with Gasteiger partial charge in [0.25, 0.3) is 0 Å². The average Bonchev–Trinajstić information content (AvgIpc) is 3.38. The van der Waals surface area contributed by atoms with Crippen molar-refractivity contribution in [3.8, 4) is 22.9 Å². The number of aromatic nitrogens is 2. The van der Waals surface area contributed by atoms with E-state index >= 15 is 0 Å². The number of ether oxygens (including phenoxy) is 1. The predicted molar refractivity (Wildman–Crippen MR) is 156 cm³/mol. The molecule has 0 N–H and O–H groups in total. The number of rotatable bonds is 6. The zero-order chi connectivity index (χ0) is 26.0. The molecule has 0 radical (unpaired) electrons. The molecule has 186 valence electrons. The summed E-state index contributed by atoms with van der Waals surface area (Å²) in [6, 6.07) is 45.8. The lowest BCUT2D eigenvalue weighted by Gasteiger charge is -2.24. The zero-order valence-corrected chi connectivity index (χ0v) is 20.9. The van der Waals surface area contributed by atoms with Gasteiger partial charge in [-0.3, -0.25) is 4.90 Å². The molecule has 0 unspecified atom stereocenters. The lowest BCUT2D eigenvalue weighted by atomic mass is 10.1. The maximum absolute atomic E-state index is 6.30. The molecule has 0 atom stereocenters. The van der Waals surface area contributed by atoms with Crippen LogP contribution in [0.3, 0.4) is 0 Å². The third-order valence-electron chi connectivity index (χ3n) is 6.56. The lowest BCUT2D eigenvalue weighted by molar-refractivity contribution is 0.463. The minimum Gasteiger partial charge on any atom is -0.455 e. The van der Waals surface area contributed by atoms with E-state index in [0.29, 0.717) is 11.7 Å². The zero-order valence-electron chi connectivity index (χ0n) is 20.9. The van der Waals surface area contributed by atoms with E-state index in [0.717, 1.165) is 50.5 Å². The molecule has 4 aromatic carbocycles. The molecule has 5 nitrogen and oxygen atoms in total. The van der Waals surface area contributed by atoms with Gasteiger partial charge in [0.1, 0.15) is 28.6 Å². The Balaban J connectivity index is 1.34. The van der Waals surface area contributed by atoms with Gasteiger partial charge in [0.15, 0.2) is 0 Å². The minimum absolute atomic E-state index is 0.503. The van der Waals surface area contributed by atoms with Crippen molar-refractivity contribution in [2.75, 3.05) is 4.90 Å². The lowest BCUT2D eigenvalue weighted by Crippen LogP contribution is -2.13. The van der Waals surface area contributed by atoms with Gasteiger partial charge in [-0.1, -0.05) is 78.9 Å². The van der Waals surface area contributed by atoms with Gasteiger partial charge in [0, 0.05) is 28.1 Å². The monoisotopic (exact) mass is 505 g/mol. The van der Waals surface area contributed by atoms with Crippen molar-refractivity contribution >= 4 is 39.3 Å². The molecule has 0 aliphatic heterocycles. The first-order valence-corrected chi connectivity index (χ1v) is 12.8. The third kappa shape index (κ3) is 4.36. The van der Waals surface area contributed by atoms with E-state index in [-0.39, 0.29) is 0 Å². The highest BCUT2D eigenvalue weighted by atomic mass is 16.5. The number of nitrogens with zero attached hydrogens (tertiary/aromatic N) is 3. The molecule has 7 aromatic rings. The molecule has 5 heteroatoms. The summed E-state index contributed by atoms with van der Waals surface area (Å²) in [5.41, 5.74) is 4.38. The highest BCUT2D eigenvalue weighted by Crippen LogP contribution is 2.38. The SMILES string of the molecule is c1ccc(Oc2cccc(N(c3ccccc3)c3cccc(-c4cccc5c4oc4ccccc45)n3)n2)cc1. The Kier molecular flexibility index (Phi) is 5.72. The van der Waals surface area contributed by atoms with Crippen LogP contribution in [0.2, 0.25) is 0 Å². The van der Waals surface area contributed by atoms with Gasteiger partial charge in [-0.25, -0.2) is 4.98 Å². The van der Waals surface area contributed by atoms with E-state index in [1.165, 1.54) is 0 Å². The molecular weight excluding hydrogens is 482 g/mol. The van der Waals surface area contributed by atoms with Gasteiger partial charge in [0.05, 0.1) is 5.69 Å². The molecule has 0 saturated carbocycles. The smallest absolute Gasteiger partial charge is 0.221 e. The van der Waals surface area contributed by atoms with Gasteiger partial charge in [-0.2, -0.15) is 4.98 Å². The van der Waals surface area contributed by atoms with Crippen LogP contribution in [0, 0.1) is 0 Å². The van der Waals surface area contributed by atoms with Gasteiger partial charge in [-0.15, -0.1) is 0 Å². The van der Waals surface area contributed by atoms with E-state index in [2.05, 4.69) is 24.3 Å². The normalized spacial score (nSPS) is 11.1. The Morgan fingerprint density at radius 3 is 2.05 bits per heavy atom. The number of hydrogen-bond donors (Lipinski definition) is 0. The molecule has 0 spiro atoms. The fourth-order valence-corrected chi connectivity index (χ4v) is 4.80. The number of benzene rings is 4. The molecule has 7 rings (SSSR count). The number of hydrogen-bond acceptors (Lipinski definition) is 5. The summed E-state index contributed by atoms with van der Waals surface area (Å²) in [6.45, 7) is 0. The topological polar surface area (TPSA) is 51.4 Å². The number of fused-ring (bicyclic) bond motifs is 3. The van der Waals surface area contributed by atoms with Crippen molar-refractivity contribution in [3.05, 3.63) is 140 Å². The predicted octanol–water partition coefficient (Wildman–Crippen LogP) is 9.31. The molecule has 0 bridgehead atoms. The average molecular weight is 506 g/mol. The van der Waals surface area contributed by atoms with Gasteiger partial charge >= 0.3 is 0 Å². The van der Waals surface area contributed by atoms with Crippen LogP contribution in [0.15, 0.2) is 144 Å². The minimum atomic E-state index is 0.503. The van der Waals surface area contributed by atoms with Gasteiger partial charge in [0.2, 0.25) is 5.88 Å². The second kappa shape index (κ2) is 9.80. The Morgan fingerprint density at radius 2 is 1.21 bits per heavy atom. The highest BCUT2D eigenvalue weighted by Gasteiger charge is 2.18. The summed E-state index contributed by atoms with van der Waals surface area (Å²) in [4.78, 5) is 12.0. The molecule has 0 saturated heterocycles. The van der Waals surface area contributed by atoms with Crippen molar-refractivity contribution in [1.29, 1.82) is 0 Å². The van der Waals surface area contributed by atoms with Crippen molar-refractivity contribution in [2.24, 2.45) is 0 Å². The first-order chi connectivity index (χ1) is 19.3. The standard InChI is InChI=1S/C34H23N3O2/c1-3-12-24(13-4-1)37(32-22-11-23-33(36-32)38-25-14-5-2-6-15-25)31-21-10-19-29(35-31)28-18-9-17-27-26-16-7-8-20-30(26)39-34(27)28/h1-23H. The maximum Gasteiger partial charge on any atom is 0.221 e. The van der Waals surface area contributed by atoms with Crippen molar-refractivity contribution in [2.45, 2.75) is 0 Å². The molecule has 3 heterocycles. The van der Waals surface area contributed by atoms with Crippen molar-refractivity contribution < 1.29 is 9.15 Å². The first kappa shape index (κ1) is 22.8. The second-order valence-corrected chi connectivity index (χ2v) is 9.08. The van der Waals surface area contributed by atoms with Crippen LogP contribution < -0.4 is 9.64 Å². The number of anilines is 3. The summed E-state index contributed by atoms with van der Waals surface area (Å²) in [7, 11) is 0. The van der Waals surface area contributed by atoms with Crippen LogP contribution in [0.25, 0.3) is 33.2 Å². The Hall–Kier alpha value is -5.42. The third-order valence-corrected chi connectivity index (χ3v) is 6.56. The van der Waals surface area contributed by atoms with Crippen molar-refractivity contribution in [1.82, 2.24) is 9.97 Å². The van der Waals surface area contributed by atoms with Crippen LogP contribution in [0.1, 0.15) is 0 Å². The molecule has 0 aliphatic rings. The summed E-state index contributed by atoms with van der Waals surface area (Å²) < 4.78 is 12.3. The van der Waals surface area contributed by atoms with Gasteiger partial charge in [-0.05, 0) is 54.6 Å². The van der Waals surface area contributed by atoms with E-state index in [4.69, 9.17) is 19.1 Å². The van der Waals surface area contributed by atoms with Gasteiger partial charge < -0.3 is 9.15 Å². The maximum atomic E-state index is 6.30. The highest BCUT2D eigenvalue weighted by molar-refractivity contribution is 6.09. The summed E-state index contributed by atoms with van der Waals surface area (Å²) >= 11 is 0. The molecule has 0 fully saturated rings. The molecule has 3 aromatic heterocycles. The van der Waals surface area contributed by atoms with Crippen LogP contribution in [-0.2, 0) is 0 Å². The van der Waals surface area contributed by atoms with Crippen molar-refractivity contribution in [3.63, 3.8) is 0 Å². The summed E-state index contributed by atoms with van der Waals surface area (Å²) in [5, 5.41) is 2.17. The molecule has 0 amide bonds. The molecule has 0 aliphatic carbocycles. The fourth-order valence-electron chi connectivity index (χ4n) is 4.80. The van der Waals surface area contributed by atoms with E-state index in [1.807, 2.05) is 120 Å². The summed E-state index contributed by atoms with van der Waals surface area (Å²) in [5.74, 6) is 2.66. The van der Waals surface area contributed by atoms with E-state index < -0.39 is 0 Å². The molecular formula is C34H23N3O2. The van der Waals surface area contributed by atoms with Crippen LogP contribution in [-0.4, -0.2) is 9.97 Å². The van der Waals surface area contributed by atoms with E-state index in [1.54, 1.807) is 0 Å². The molecule has 39 heavy (non-hydrogen) atoms. The first-order valence-electron chi connectivity index (χ1n) is 12.8. The van der Waals surface area contributed by atoms with Crippen LogP contribution >= 0.6 is 0 Å². The largest absolute Gasteiger partial charge is 0.455 e. The number of para-hydroxylation sites is 4. The Morgan fingerprint density at radius 1 is 0.538 bits per heavy atom. The quantitative estimate of drug-likeness (QED) is 0.225. The Labute approximate surface area is 225 Å². The number of pyridine rings is 2. The Bertz CT molecular complexity index is 1900.